The molecule has 0 radical (unpaired) electrons. The molecule has 0 atom stereocenters. The summed E-state index contributed by atoms with van der Waals surface area (Å²) in [6, 6.07) is 9.78. The molecule has 118 valence electrons. The van der Waals surface area contributed by atoms with Crippen LogP contribution >= 0.6 is 11.8 Å². The van der Waals surface area contributed by atoms with Crippen LogP contribution in [0.3, 0.4) is 0 Å². The van der Waals surface area contributed by atoms with Crippen molar-refractivity contribution in [2.24, 2.45) is 0 Å². The van der Waals surface area contributed by atoms with Gasteiger partial charge < -0.3 is 14.5 Å². The van der Waals surface area contributed by atoms with Crippen LogP contribution in [0.15, 0.2) is 35.5 Å². The fourth-order valence-corrected chi connectivity index (χ4v) is 2.25. The van der Waals surface area contributed by atoms with E-state index in [0.29, 0.717) is 23.7 Å². The Bertz CT molecular complexity index is 565. The fourth-order valence-electron chi connectivity index (χ4n) is 1.61. The van der Waals surface area contributed by atoms with Crippen molar-refractivity contribution in [1.29, 1.82) is 0 Å². The van der Waals surface area contributed by atoms with E-state index in [2.05, 4.69) is 15.0 Å². The van der Waals surface area contributed by atoms with Gasteiger partial charge in [-0.05, 0) is 12.1 Å². The molecule has 0 aliphatic carbocycles. The van der Waals surface area contributed by atoms with Crippen LogP contribution in [0.25, 0.3) is 0 Å². The van der Waals surface area contributed by atoms with E-state index in [9.17, 15) is 0 Å². The zero-order valence-electron chi connectivity index (χ0n) is 13.4. The van der Waals surface area contributed by atoms with Crippen LogP contribution in [-0.2, 0) is 0 Å². The van der Waals surface area contributed by atoms with Crippen molar-refractivity contribution in [3.05, 3.63) is 30.3 Å². The molecule has 6 nitrogen and oxygen atoms in total. The van der Waals surface area contributed by atoms with Crippen molar-refractivity contribution >= 4 is 23.7 Å². The Hall–Kier alpha value is -2.02. The van der Waals surface area contributed by atoms with Crippen molar-refractivity contribution in [3.63, 3.8) is 0 Å². The van der Waals surface area contributed by atoms with Gasteiger partial charge in [0, 0.05) is 33.9 Å². The molecule has 0 fully saturated rings. The number of hydrogen-bond acceptors (Lipinski definition) is 7. The summed E-state index contributed by atoms with van der Waals surface area (Å²) >= 11 is 1.56. The molecule has 0 saturated heterocycles. The fraction of sp³-hybridized carbons (Fsp3) is 0.400. The first-order valence-corrected chi connectivity index (χ1v) is 7.96. The summed E-state index contributed by atoms with van der Waals surface area (Å²) in [5.74, 6) is 2.97. The Kier molecular flexibility index (Phi) is 5.83. The molecule has 0 aliphatic heterocycles. The van der Waals surface area contributed by atoms with Crippen molar-refractivity contribution in [2.75, 3.05) is 50.4 Å². The molecule has 7 heteroatoms. The second-order valence-electron chi connectivity index (χ2n) is 5.02. The first-order chi connectivity index (χ1) is 10.6. The molecule has 0 bridgehead atoms. The molecule has 22 heavy (non-hydrogen) atoms. The first kappa shape index (κ1) is 16.4. The molecule has 1 heterocycles. The number of ether oxygens (including phenoxy) is 1. The van der Waals surface area contributed by atoms with Crippen LogP contribution in [0, 0.1) is 0 Å². The molecule has 0 spiro atoms. The Morgan fingerprint density at radius 1 is 0.909 bits per heavy atom. The smallest absolute Gasteiger partial charge is 0.230 e. The average Bonchev–Trinajstić information content (AvgIpc) is 2.52. The zero-order chi connectivity index (χ0) is 15.9. The minimum Gasteiger partial charge on any atom is -0.493 e. The van der Waals surface area contributed by atoms with Crippen LogP contribution in [0.4, 0.5) is 11.9 Å². The van der Waals surface area contributed by atoms with Crippen molar-refractivity contribution in [2.45, 2.75) is 5.16 Å². The van der Waals surface area contributed by atoms with Crippen molar-refractivity contribution in [3.8, 4) is 5.75 Å². The second-order valence-corrected chi connectivity index (χ2v) is 6.08. The molecular weight excluding hydrogens is 298 g/mol. The highest BCUT2D eigenvalue weighted by molar-refractivity contribution is 7.99. The first-order valence-electron chi connectivity index (χ1n) is 6.97. The summed E-state index contributed by atoms with van der Waals surface area (Å²) in [6.07, 6.45) is 0. The van der Waals surface area contributed by atoms with Crippen molar-refractivity contribution < 1.29 is 4.74 Å². The molecule has 0 aliphatic rings. The molecular formula is C15H21N5OS. The number of aromatic nitrogens is 3. The Morgan fingerprint density at radius 2 is 1.50 bits per heavy atom. The Balaban J connectivity index is 1.94. The molecule has 0 amide bonds. The van der Waals surface area contributed by atoms with E-state index >= 15 is 0 Å². The van der Waals surface area contributed by atoms with Crippen LogP contribution in [0.2, 0.25) is 0 Å². The maximum Gasteiger partial charge on any atom is 0.230 e. The molecule has 2 rings (SSSR count). The lowest BCUT2D eigenvalue weighted by molar-refractivity contribution is 0.344. The van der Waals surface area contributed by atoms with E-state index in [-0.39, 0.29) is 0 Å². The number of benzene rings is 1. The average molecular weight is 319 g/mol. The predicted octanol–water partition coefficient (Wildman–Crippen LogP) is 2.17. The van der Waals surface area contributed by atoms with Gasteiger partial charge in [0.25, 0.3) is 0 Å². The van der Waals surface area contributed by atoms with Crippen LogP contribution in [0.5, 0.6) is 5.75 Å². The normalized spacial score (nSPS) is 10.4. The summed E-state index contributed by atoms with van der Waals surface area (Å²) in [7, 11) is 7.67. The van der Waals surface area contributed by atoms with E-state index in [4.69, 9.17) is 4.74 Å². The van der Waals surface area contributed by atoms with Gasteiger partial charge in [-0.1, -0.05) is 30.0 Å². The third-order valence-corrected chi connectivity index (χ3v) is 3.53. The van der Waals surface area contributed by atoms with Gasteiger partial charge in [-0.15, -0.1) is 0 Å². The third kappa shape index (κ3) is 4.77. The lowest BCUT2D eigenvalue weighted by Gasteiger charge is -2.15. The maximum atomic E-state index is 5.67. The molecule has 1 aromatic heterocycles. The second kappa shape index (κ2) is 7.84. The third-order valence-electron chi connectivity index (χ3n) is 2.72. The minimum atomic E-state index is 0.606. The maximum absolute atomic E-state index is 5.67. The van der Waals surface area contributed by atoms with E-state index in [0.717, 1.165) is 11.5 Å². The number of hydrogen-bond donors (Lipinski definition) is 0. The number of rotatable bonds is 7. The Labute approximate surface area is 135 Å². The molecule has 0 saturated carbocycles. The summed E-state index contributed by atoms with van der Waals surface area (Å²) in [4.78, 5) is 17.0. The monoisotopic (exact) mass is 319 g/mol. The van der Waals surface area contributed by atoms with Gasteiger partial charge in [0.1, 0.15) is 5.75 Å². The van der Waals surface area contributed by atoms with E-state index < -0.39 is 0 Å². The Morgan fingerprint density at radius 3 is 2.05 bits per heavy atom. The lowest BCUT2D eigenvalue weighted by atomic mass is 10.3. The molecule has 0 N–H and O–H groups in total. The standard InChI is InChI=1S/C15H21N5OS/c1-19(2)13-16-14(20(3)4)18-15(17-13)22-11-10-21-12-8-6-5-7-9-12/h5-9H,10-11H2,1-4H3. The van der Waals surface area contributed by atoms with Crippen molar-refractivity contribution in [1.82, 2.24) is 15.0 Å². The van der Waals surface area contributed by atoms with Crippen LogP contribution < -0.4 is 14.5 Å². The SMILES string of the molecule is CN(C)c1nc(SCCOc2ccccc2)nc(N(C)C)n1. The quantitative estimate of drug-likeness (QED) is 0.572. The zero-order valence-corrected chi connectivity index (χ0v) is 14.2. The van der Waals surface area contributed by atoms with Gasteiger partial charge >= 0.3 is 0 Å². The van der Waals surface area contributed by atoms with E-state index in [1.807, 2.05) is 68.3 Å². The molecule has 1 aromatic carbocycles. The van der Waals surface area contributed by atoms with Crippen LogP contribution in [0.1, 0.15) is 0 Å². The van der Waals surface area contributed by atoms with Gasteiger partial charge in [-0.2, -0.15) is 15.0 Å². The van der Waals surface area contributed by atoms with E-state index in [1.165, 1.54) is 0 Å². The lowest BCUT2D eigenvalue weighted by Crippen LogP contribution is -2.19. The van der Waals surface area contributed by atoms with Gasteiger partial charge in [0.15, 0.2) is 5.16 Å². The summed E-state index contributed by atoms with van der Waals surface area (Å²) in [5.41, 5.74) is 0. The summed E-state index contributed by atoms with van der Waals surface area (Å²) in [5, 5.41) is 0.707. The van der Waals surface area contributed by atoms with Crippen LogP contribution in [-0.4, -0.2) is 55.5 Å². The number of para-hydroxylation sites is 1. The highest BCUT2D eigenvalue weighted by Crippen LogP contribution is 2.19. The van der Waals surface area contributed by atoms with Gasteiger partial charge in [0.2, 0.25) is 11.9 Å². The number of nitrogens with zero attached hydrogens (tertiary/aromatic N) is 5. The molecule has 0 unspecified atom stereocenters. The van der Waals surface area contributed by atoms with Gasteiger partial charge in [-0.3, -0.25) is 0 Å². The highest BCUT2D eigenvalue weighted by atomic mass is 32.2. The van der Waals surface area contributed by atoms with Gasteiger partial charge in [0.05, 0.1) is 6.61 Å². The number of thioether (sulfide) groups is 1. The highest BCUT2D eigenvalue weighted by Gasteiger charge is 2.10. The number of anilines is 2. The minimum absolute atomic E-state index is 0.606. The summed E-state index contributed by atoms with van der Waals surface area (Å²) in [6.45, 7) is 0.606. The summed E-state index contributed by atoms with van der Waals surface area (Å²) < 4.78 is 5.67. The van der Waals surface area contributed by atoms with Gasteiger partial charge in [-0.25, -0.2) is 0 Å². The topological polar surface area (TPSA) is 54.4 Å². The largest absolute Gasteiger partial charge is 0.493 e. The molecule has 2 aromatic rings. The van der Waals surface area contributed by atoms with E-state index in [1.54, 1.807) is 11.8 Å². The predicted molar refractivity (Wildman–Crippen MR) is 91.1 cm³/mol.